The summed E-state index contributed by atoms with van der Waals surface area (Å²) < 4.78 is 7.24. The summed E-state index contributed by atoms with van der Waals surface area (Å²) in [6.07, 6.45) is 1.55. The molecule has 1 saturated heterocycles. The zero-order chi connectivity index (χ0) is 17.2. The van der Waals surface area contributed by atoms with Gasteiger partial charge in [-0.2, -0.15) is 0 Å². The Labute approximate surface area is 141 Å². The van der Waals surface area contributed by atoms with Gasteiger partial charge in [0.25, 0.3) is 0 Å². The normalized spacial score (nSPS) is 18.5. The molecule has 7 heteroatoms. The average Bonchev–Trinajstić information content (AvgIpc) is 3.04. The fourth-order valence-corrected chi connectivity index (χ4v) is 2.64. The second-order valence-corrected chi connectivity index (χ2v) is 6.82. The van der Waals surface area contributed by atoms with Crippen LogP contribution in [0.5, 0.6) is 0 Å². The highest BCUT2D eigenvalue weighted by Gasteiger charge is 2.33. The Morgan fingerprint density at radius 3 is 2.75 bits per heavy atom. The highest BCUT2D eigenvalue weighted by Crippen LogP contribution is 2.23. The second kappa shape index (κ2) is 6.60. The number of piperazine rings is 1. The van der Waals surface area contributed by atoms with E-state index in [4.69, 9.17) is 4.74 Å². The summed E-state index contributed by atoms with van der Waals surface area (Å²) >= 11 is 0. The van der Waals surface area contributed by atoms with Crippen molar-refractivity contribution >= 4 is 6.09 Å². The Kier molecular flexibility index (Phi) is 4.53. The fourth-order valence-electron chi connectivity index (χ4n) is 2.64. The van der Waals surface area contributed by atoms with Crippen LogP contribution in [0.25, 0.3) is 5.69 Å². The molecule has 2 heterocycles. The van der Waals surface area contributed by atoms with Crippen molar-refractivity contribution in [1.82, 2.24) is 25.2 Å². The van der Waals surface area contributed by atoms with E-state index in [-0.39, 0.29) is 12.1 Å². The molecule has 1 aromatic heterocycles. The summed E-state index contributed by atoms with van der Waals surface area (Å²) in [5.74, 6) is 0. The number of amides is 1. The van der Waals surface area contributed by atoms with Crippen LogP contribution >= 0.6 is 0 Å². The van der Waals surface area contributed by atoms with Crippen LogP contribution in [0.4, 0.5) is 4.79 Å². The molecular formula is C17H23N5O2. The van der Waals surface area contributed by atoms with E-state index < -0.39 is 5.60 Å². The first-order chi connectivity index (χ1) is 11.4. The molecule has 0 spiro atoms. The number of nitrogens with zero attached hydrogens (tertiary/aromatic N) is 4. The van der Waals surface area contributed by atoms with Crippen molar-refractivity contribution in [3.05, 3.63) is 42.2 Å². The zero-order valence-corrected chi connectivity index (χ0v) is 14.3. The molecule has 0 aliphatic carbocycles. The van der Waals surface area contributed by atoms with Crippen LogP contribution in [0.1, 0.15) is 32.5 Å². The van der Waals surface area contributed by atoms with Gasteiger partial charge in [0.15, 0.2) is 0 Å². The molecule has 7 nitrogen and oxygen atoms in total. The van der Waals surface area contributed by atoms with E-state index in [9.17, 15) is 4.79 Å². The largest absolute Gasteiger partial charge is 0.444 e. The minimum Gasteiger partial charge on any atom is -0.444 e. The van der Waals surface area contributed by atoms with E-state index in [0.717, 1.165) is 17.9 Å². The van der Waals surface area contributed by atoms with Gasteiger partial charge in [0, 0.05) is 19.6 Å². The van der Waals surface area contributed by atoms with Gasteiger partial charge in [-0.1, -0.05) is 23.4 Å². The Bertz CT molecular complexity index is 693. The van der Waals surface area contributed by atoms with Crippen molar-refractivity contribution < 1.29 is 9.53 Å². The Morgan fingerprint density at radius 2 is 2.04 bits per heavy atom. The predicted molar refractivity (Wildman–Crippen MR) is 89.9 cm³/mol. The van der Waals surface area contributed by atoms with Crippen molar-refractivity contribution in [3.63, 3.8) is 0 Å². The van der Waals surface area contributed by atoms with Gasteiger partial charge < -0.3 is 10.1 Å². The maximum atomic E-state index is 12.5. The van der Waals surface area contributed by atoms with Crippen molar-refractivity contribution in [2.45, 2.75) is 32.4 Å². The number of carbonyl (C=O) groups excluding carboxylic acids is 1. The number of hydrogen-bond donors (Lipinski definition) is 1. The topological polar surface area (TPSA) is 72.3 Å². The van der Waals surface area contributed by atoms with Crippen molar-refractivity contribution in [2.75, 3.05) is 19.6 Å². The number of para-hydroxylation sites is 1. The fraction of sp³-hybridized carbons (Fsp3) is 0.471. The van der Waals surface area contributed by atoms with E-state index in [1.165, 1.54) is 0 Å². The molecule has 1 aliphatic rings. The van der Waals surface area contributed by atoms with Gasteiger partial charge in [-0.15, -0.1) is 5.10 Å². The molecule has 1 unspecified atom stereocenters. The number of hydrogen-bond acceptors (Lipinski definition) is 5. The molecule has 1 aliphatic heterocycles. The average molecular weight is 329 g/mol. The summed E-state index contributed by atoms with van der Waals surface area (Å²) in [6, 6.07) is 9.59. The van der Waals surface area contributed by atoms with Crippen LogP contribution < -0.4 is 5.32 Å². The van der Waals surface area contributed by atoms with Gasteiger partial charge in [-0.25, -0.2) is 9.48 Å². The third-order valence-corrected chi connectivity index (χ3v) is 3.74. The molecule has 1 amide bonds. The third kappa shape index (κ3) is 3.73. The van der Waals surface area contributed by atoms with E-state index in [0.29, 0.717) is 13.1 Å². The lowest BCUT2D eigenvalue weighted by atomic mass is 10.1. The Morgan fingerprint density at radius 1 is 1.29 bits per heavy atom. The van der Waals surface area contributed by atoms with Crippen molar-refractivity contribution in [3.8, 4) is 5.69 Å². The maximum absolute atomic E-state index is 12.5. The van der Waals surface area contributed by atoms with E-state index in [2.05, 4.69) is 15.6 Å². The number of carbonyl (C=O) groups is 1. The molecule has 2 aromatic rings. The van der Waals surface area contributed by atoms with Crippen LogP contribution in [0.15, 0.2) is 36.5 Å². The van der Waals surface area contributed by atoms with Crippen molar-refractivity contribution in [1.29, 1.82) is 0 Å². The number of benzene rings is 1. The van der Waals surface area contributed by atoms with Crippen LogP contribution in [0, 0.1) is 0 Å². The standard InChI is InChI=1S/C17H23N5O2/c1-17(2,3)24-16(23)21-10-9-18-11-15(21)14-12-22(20-19-14)13-7-5-4-6-8-13/h4-8,12,15,18H,9-11H2,1-3H3. The number of nitrogens with one attached hydrogen (secondary N) is 1. The lowest BCUT2D eigenvalue weighted by Gasteiger charge is -2.36. The van der Waals surface area contributed by atoms with Crippen LogP contribution in [-0.4, -0.2) is 51.2 Å². The second-order valence-electron chi connectivity index (χ2n) is 6.82. The smallest absolute Gasteiger partial charge is 0.410 e. The molecule has 3 rings (SSSR count). The van der Waals surface area contributed by atoms with Crippen LogP contribution in [-0.2, 0) is 4.74 Å². The van der Waals surface area contributed by atoms with Crippen LogP contribution in [0.3, 0.4) is 0 Å². The molecule has 1 fully saturated rings. The summed E-state index contributed by atoms with van der Waals surface area (Å²) in [7, 11) is 0. The Hall–Kier alpha value is -2.41. The minimum absolute atomic E-state index is 0.189. The summed E-state index contributed by atoms with van der Waals surface area (Å²) in [5.41, 5.74) is 1.16. The van der Waals surface area contributed by atoms with E-state index in [1.54, 1.807) is 9.58 Å². The SMILES string of the molecule is CC(C)(C)OC(=O)N1CCNCC1c1cn(-c2ccccc2)nn1. The zero-order valence-electron chi connectivity index (χ0n) is 14.3. The molecule has 1 atom stereocenters. The molecule has 1 N–H and O–H groups in total. The van der Waals surface area contributed by atoms with Gasteiger partial charge in [-0.3, -0.25) is 4.90 Å². The summed E-state index contributed by atoms with van der Waals surface area (Å²) in [4.78, 5) is 14.2. The highest BCUT2D eigenvalue weighted by molar-refractivity contribution is 5.69. The molecule has 128 valence electrons. The molecule has 0 saturated carbocycles. The van der Waals surface area contributed by atoms with Gasteiger partial charge in [0.05, 0.1) is 17.9 Å². The molecular weight excluding hydrogens is 306 g/mol. The first kappa shape index (κ1) is 16.4. The van der Waals surface area contributed by atoms with Gasteiger partial charge in [0.1, 0.15) is 11.3 Å². The van der Waals surface area contributed by atoms with Gasteiger partial charge in [-0.05, 0) is 32.9 Å². The third-order valence-electron chi connectivity index (χ3n) is 3.74. The number of aromatic nitrogens is 3. The summed E-state index contributed by atoms with van der Waals surface area (Å²) in [5, 5.41) is 11.8. The number of ether oxygens (including phenoxy) is 1. The molecule has 24 heavy (non-hydrogen) atoms. The molecule has 0 bridgehead atoms. The van der Waals surface area contributed by atoms with E-state index >= 15 is 0 Å². The van der Waals surface area contributed by atoms with Gasteiger partial charge in [0.2, 0.25) is 0 Å². The van der Waals surface area contributed by atoms with Crippen LogP contribution in [0.2, 0.25) is 0 Å². The first-order valence-electron chi connectivity index (χ1n) is 8.12. The molecule has 0 radical (unpaired) electrons. The van der Waals surface area contributed by atoms with E-state index in [1.807, 2.05) is 57.3 Å². The van der Waals surface area contributed by atoms with Crippen molar-refractivity contribution in [2.24, 2.45) is 0 Å². The predicted octanol–water partition coefficient (Wildman–Crippen LogP) is 2.15. The number of rotatable bonds is 2. The Balaban J connectivity index is 1.81. The van der Waals surface area contributed by atoms with Gasteiger partial charge >= 0.3 is 6.09 Å². The first-order valence-corrected chi connectivity index (χ1v) is 8.12. The highest BCUT2D eigenvalue weighted by atomic mass is 16.6. The lowest BCUT2D eigenvalue weighted by Crippen LogP contribution is -2.50. The summed E-state index contributed by atoms with van der Waals surface area (Å²) in [6.45, 7) is 7.56. The minimum atomic E-state index is -0.520. The maximum Gasteiger partial charge on any atom is 0.410 e. The quantitative estimate of drug-likeness (QED) is 0.914. The monoisotopic (exact) mass is 329 g/mol. The molecule has 1 aromatic carbocycles. The lowest BCUT2D eigenvalue weighted by molar-refractivity contribution is 0.0113.